The topological polar surface area (TPSA) is 92.6 Å². The number of para-hydroxylation sites is 1. The number of rotatable bonds is 6. The number of amides is 1. The largest absolute Gasteiger partial charge is 0.371 e. The van der Waals surface area contributed by atoms with Crippen molar-refractivity contribution in [2.75, 3.05) is 30.8 Å². The molecule has 31 heavy (non-hydrogen) atoms. The molecule has 0 atom stereocenters. The van der Waals surface area contributed by atoms with E-state index < -0.39 is 0 Å². The number of carbonyl (C=O) groups is 1. The summed E-state index contributed by atoms with van der Waals surface area (Å²) in [7, 11) is 1.88. The third-order valence-electron chi connectivity index (χ3n) is 6.18. The summed E-state index contributed by atoms with van der Waals surface area (Å²) in [4.78, 5) is 25.8. The maximum absolute atomic E-state index is 12.9. The van der Waals surface area contributed by atoms with Crippen LogP contribution in [-0.4, -0.2) is 50.5 Å². The van der Waals surface area contributed by atoms with E-state index in [1.807, 2.05) is 25.8 Å². The fourth-order valence-corrected chi connectivity index (χ4v) is 4.44. The van der Waals surface area contributed by atoms with Gasteiger partial charge in [0.15, 0.2) is 0 Å². The lowest BCUT2D eigenvalue weighted by Gasteiger charge is -2.31. The number of nitrogens with zero attached hydrogens (tertiary/aromatic N) is 6. The molecule has 3 aromatic rings. The average molecular weight is 422 g/mol. The van der Waals surface area contributed by atoms with Crippen LogP contribution in [0.1, 0.15) is 48.2 Å². The number of fused-ring (bicyclic) bond motifs is 1. The smallest absolute Gasteiger partial charge is 0.254 e. The van der Waals surface area contributed by atoms with Gasteiger partial charge in [0.05, 0.1) is 0 Å². The van der Waals surface area contributed by atoms with E-state index in [2.05, 4.69) is 44.2 Å². The van der Waals surface area contributed by atoms with E-state index in [1.165, 1.54) is 30.5 Å². The Morgan fingerprint density at radius 1 is 1.13 bits per heavy atom. The minimum atomic E-state index is 0.116. The van der Waals surface area contributed by atoms with E-state index in [9.17, 15) is 4.79 Å². The Hall–Kier alpha value is -3.16. The second kappa shape index (κ2) is 8.91. The summed E-state index contributed by atoms with van der Waals surface area (Å²) in [5, 5.41) is 4.21. The Balaban J connectivity index is 1.44. The van der Waals surface area contributed by atoms with Crippen LogP contribution in [-0.2, 0) is 17.8 Å². The molecule has 2 N–H and O–H groups in total. The van der Waals surface area contributed by atoms with E-state index in [-0.39, 0.29) is 11.9 Å². The van der Waals surface area contributed by atoms with Crippen LogP contribution in [0.15, 0.2) is 24.3 Å². The molecule has 1 fully saturated rings. The minimum Gasteiger partial charge on any atom is -0.371 e. The first-order valence-corrected chi connectivity index (χ1v) is 11.0. The monoisotopic (exact) mass is 421 g/mol. The second-order valence-corrected chi connectivity index (χ2v) is 8.37. The van der Waals surface area contributed by atoms with E-state index in [0.29, 0.717) is 25.2 Å². The lowest BCUT2D eigenvalue weighted by atomic mass is 10.1. The van der Waals surface area contributed by atoms with Gasteiger partial charge in [-0.1, -0.05) is 18.2 Å². The normalized spacial score (nSPS) is 14.2. The zero-order valence-corrected chi connectivity index (χ0v) is 18.6. The second-order valence-electron chi connectivity index (χ2n) is 8.37. The Labute approximate surface area is 183 Å². The zero-order chi connectivity index (χ0) is 22.0. The molecule has 1 aliphatic heterocycles. The average Bonchev–Trinajstić information content (AvgIpc) is 3.14. The maximum atomic E-state index is 12.9. The summed E-state index contributed by atoms with van der Waals surface area (Å²) in [6.07, 6.45) is 4.80. The summed E-state index contributed by atoms with van der Waals surface area (Å²) in [5.41, 5.74) is 11.0. The first-order valence-electron chi connectivity index (χ1n) is 11.0. The van der Waals surface area contributed by atoms with Crippen molar-refractivity contribution >= 4 is 23.3 Å². The van der Waals surface area contributed by atoms with Gasteiger partial charge in [0.2, 0.25) is 11.9 Å². The van der Waals surface area contributed by atoms with E-state index >= 15 is 0 Å². The van der Waals surface area contributed by atoms with Gasteiger partial charge in [-0.15, -0.1) is 5.10 Å². The number of nitrogen functional groups attached to an aromatic ring is 1. The number of aryl methyl sites for hydroxylation is 2. The number of nitrogens with two attached hydrogens (primary N) is 1. The summed E-state index contributed by atoms with van der Waals surface area (Å²) in [6, 6.07) is 8.45. The van der Waals surface area contributed by atoms with Crippen molar-refractivity contribution in [3.63, 3.8) is 0 Å². The molecule has 4 rings (SSSR count). The highest BCUT2D eigenvalue weighted by Gasteiger charge is 2.18. The van der Waals surface area contributed by atoms with Crippen molar-refractivity contribution in [3.05, 3.63) is 46.8 Å². The summed E-state index contributed by atoms with van der Waals surface area (Å²) < 4.78 is 1.65. The molecular formula is C23H31N7O. The van der Waals surface area contributed by atoms with E-state index in [0.717, 1.165) is 30.0 Å². The van der Waals surface area contributed by atoms with Gasteiger partial charge in [-0.3, -0.25) is 4.79 Å². The van der Waals surface area contributed by atoms with Crippen LogP contribution in [0.25, 0.3) is 5.78 Å². The molecule has 0 aliphatic carbocycles. The van der Waals surface area contributed by atoms with Crippen LogP contribution in [0.4, 0.5) is 11.6 Å². The highest BCUT2D eigenvalue weighted by Crippen LogP contribution is 2.25. The number of hydrogen-bond donors (Lipinski definition) is 1. The Kier molecular flexibility index (Phi) is 6.06. The van der Waals surface area contributed by atoms with Crippen molar-refractivity contribution in [1.82, 2.24) is 24.5 Å². The molecule has 0 unspecified atom stereocenters. The van der Waals surface area contributed by atoms with Crippen LogP contribution >= 0.6 is 0 Å². The first kappa shape index (κ1) is 21.1. The molecule has 1 saturated heterocycles. The van der Waals surface area contributed by atoms with Gasteiger partial charge in [0.25, 0.3) is 5.78 Å². The molecule has 0 bridgehead atoms. The predicted octanol–water partition coefficient (Wildman–Crippen LogP) is 2.90. The van der Waals surface area contributed by atoms with Gasteiger partial charge in [0, 0.05) is 50.2 Å². The van der Waals surface area contributed by atoms with Gasteiger partial charge in [-0.25, -0.2) is 4.98 Å². The van der Waals surface area contributed by atoms with Crippen molar-refractivity contribution in [2.24, 2.45) is 0 Å². The van der Waals surface area contributed by atoms with Crippen molar-refractivity contribution in [3.8, 4) is 0 Å². The standard InChI is InChI=1S/C23H31N7O/c1-16-19(17(2)30-23(25-16)26-22(24)27-30)11-12-21(31)28(3)15-18-9-5-6-10-20(18)29-13-7-4-8-14-29/h5-6,9-10H,4,7-8,11-15H2,1-3H3,(H2,24,27). The van der Waals surface area contributed by atoms with Gasteiger partial charge >= 0.3 is 0 Å². The molecule has 1 aliphatic rings. The van der Waals surface area contributed by atoms with Crippen LogP contribution in [0.3, 0.4) is 0 Å². The van der Waals surface area contributed by atoms with Crippen LogP contribution in [0.5, 0.6) is 0 Å². The van der Waals surface area contributed by atoms with Crippen molar-refractivity contribution < 1.29 is 4.79 Å². The predicted molar refractivity (Wildman–Crippen MR) is 122 cm³/mol. The molecule has 0 spiro atoms. The molecule has 8 nitrogen and oxygen atoms in total. The number of piperidine rings is 1. The zero-order valence-electron chi connectivity index (χ0n) is 18.6. The Morgan fingerprint density at radius 3 is 2.65 bits per heavy atom. The number of aromatic nitrogens is 4. The fraction of sp³-hybridized carbons (Fsp3) is 0.478. The van der Waals surface area contributed by atoms with E-state index in [4.69, 9.17) is 5.73 Å². The number of benzene rings is 1. The fourth-order valence-electron chi connectivity index (χ4n) is 4.44. The summed E-state index contributed by atoms with van der Waals surface area (Å²) in [6.45, 7) is 6.70. The van der Waals surface area contributed by atoms with Gasteiger partial charge < -0.3 is 15.5 Å². The van der Waals surface area contributed by atoms with Crippen LogP contribution in [0.2, 0.25) is 0 Å². The van der Waals surface area contributed by atoms with Crippen molar-refractivity contribution in [1.29, 1.82) is 0 Å². The van der Waals surface area contributed by atoms with Crippen LogP contribution < -0.4 is 10.6 Å². The van der Waals surface area contributed by atoms with Crippen LogP contribution in [0, 0.1) is 13.8 Å². The molecule has 8 heteroatoms. The number of anilines is 2. The lowest BCUT2D eigenvalue weighted by Crippen LogP contribution is -2.32. The summed E-state index contributed by atoms with van der Waals surface area (Å²) >= 11 is 0. The third-order valence-corrected chi connectivity index (χ3v) is 6.18. The molecule has 3 heterocycles. The SMILES string of the molecule is Cc1nc2nc(N)nn2c(C)c1CCC(=O)N(C)Cc1ccccc1N1CCCCC1. The Morgan fingerprint density at radius 2 is 1.87 bits per heavy atom. The molecule has 164 valence electrons. The molecule has 2 aromatic heterocycles. The highest BCUT2D eigenvalue weighted by atomic mass is 16.2. The maximum Gasteiger partial charge on any atom is 0.254 e. The van der Waals surface area contributed by atoms with Gasteiger partial charge in [-0.2, -0.15) is 9.50 Å². The molecule has 0 radical (unpaired) electrons. The van der Waals surface area contributed by atoms with Gasteiger partial charge in [0.1, 0.15) is 0 Å². The quantitative estimate of drug-likeness (QED) is 0.658. The molecule has 0 saturated carbocycles. The first-order chi connectivity index (χ1) is 14.9. The molecule has 1 aromatic carbocycles. The third kappa shape index (κ3) is 4.47. The minimum absolute atomic E-state index is 0.116. The summed E-state index contributed by atoms with van der Waals surface area (Å²) in [5.74, 6) is 0.815. The van der Waals surface area contributed by atoms with Crippen molar-refractivity contribution in [2.45, 2.75) is 52.5 Å². The Bertz CT molecular complexity index is 1080. The van der Waals surface area contributed by atoms with E-state index in [1.54, 1.807) is 4.52 Å². The lowest BCUT2D eigenvalue weighted by molar-refractivity contribution is -0.130. The molecular weight excluding hydrogens is 390 g/mol. The van der Waals surface area contributed by atoms with Gasteiger partial charge in [-0.05, 0) is 56.7 Å². The highest BCUT2D eigenvalue weighted by molar-refractivity contribution is 5.76. The number of hydrogen-bond acceptors (Lipinski definition) is 6. The number of carbonyl (C=O) groups excluding carboxylic acids is 1. The molecule has 1 amide bonds.